The van der Waals surface area contributed by atoms with Crippen molar-refractivity contribution in [2.45, 2.75) is 45.3 Å². The largest absolute Gasteiger partial charge is 0.426 e. The van der Waals surface area contributed by atoms with Gasteiger partial charge in [0.1, 0.15) is 0 Å². The summed E-state index contributed by atoms with van der Waals surface area (Å²) in [5.74, 6) is -1.73. The molecule has 0 spiro atoms. The van der Waals surface area contributed by atoms with Gasteiger partial charge in [-0.3, -0.25) is 0 Å². The zero-order valence-corrected chi connectivity index (χ0v) is 8.17. The van der Waals surface area contributed by atoms with Gasteiger partial charge in [0.05, 0.1) is 0 Å². The van der Waals surface area contributed by atoms with Crippen LogP contribution in [0.2, 0.25) is 0 Å². The third kappa shape index (κ3) is 2.56. The van der Waals surface area contributed by atoms with Crippen molar-refractivity contribution in [3.05, 3.63) is 11.6 Å². The number of carbonyl (C=O) groups excluding carboxylic acids is 1. The van der Waals surface area contributed by atoms with E-state index < -0.39 is 11.8 Å². The molecule has 1 aliphatic heterocycles. The fourth-order valence-electron chi connectivity index (χ4n) is 1.42. The van der Waals surface area contributed by atoms with Crippen molar-refractivity contribution in [1.82, 2.24) is 0 Å². The van der Waals surface area contributed by atoms with Crippen LogP contribution in [0.3, 0.4) is 0 Å². The quantitative estimate of drug-likeness (QED) is 0.535. The van der Waals surface area contributed by atoms with Crippen molar-refractivity contribution in [3.63, 3.8) is 0 Å². The molecule has 1 aliphatic rings. The highest BCUT2D eigenvalue weighted by atomic mass is 16.7. The second-order valence-electron chi connectivity index (χ2n) is 3.52. The Morgan fingerprint density at radius 2 is 2.23 bits per heavy atom. The van der Waals surface area contributed by atoms with Gasteiger partial charge in [-0.15, -0.1) is 0 Å². The molecule has 0 saturated heterocycles. The number of unbranched alkanes of at least 4 members (excludes halogenated alkanes) is 2. The van der Waals surface area contributed by atoms with E-state index in [0.29, 0.717) is 12.0 Å². The lowest BCUT2D eigenvalue weighted by Gasteiger charge is -2.18. The summed E-state index contributed by atoms with van der Waals surface area (Å²) in [7, 11) is 0. The Kier molecular flexibility index (Phi) is 3.09. The molecular weight excluding hydrogens is 168 g/mol. The second kappa shape index (κ2) is 3.92. The molecule has 0 fully saturated rings. The van der Waals surface area contributed by atoms with Crippen LogP contribution in [0.5, 0.6) is 0 Å². The Bertz CT molecular complexity index is 232. The molecule has 1 rings (SSSR count). The predicted molar refractivity (Wildman–Crippen MR) is 48.9 cm³/mol. The highest BCUT2D eigenvalue weighted by Crippen LogP contribution is 2.26. The number of hydrogen-bond donors (Lipinski definition) is 1. The topological polar surface area (TPSA) is 46.5 Å². The molecule has 0 radical (unpaired) electrons. The summed E-state index contributed by atoms with van der Waals surface area (Å²) in [6.45, 7) is 3.74. The zero-order valence-electron chi connectivity index (χ0n) is 8.17. The first-order chi connectivity index (χ1) is 6.07. The van der Waals surface area contributed by atoms with E-state index in [0.717, 1.165) is 19.3 Å². The van der Waals surface area contributed by atoms with Crippen LogP contribution in [-0.2, 0) is 9.53 Å². The van der Waals surface area contributed by atoms with E-state index in [1.165, 1.54) is 6.08 Å². The molecule has 0 aromatic heterocycles. The van der Waals surface area contributed by atoms with Gasteiger partial charge in [-0.05, 0) is 19.4 Å². The number of carbonyl (C=O) groups is 1. The summed E-state index contributed by atoms with van der Waals surface area (Å²) >= 11 is 0. The first kappa shape index (κ1) is 10.3. The van der Waals surface area contributed by atoms with E-state index in [1.54, 1.807) is 6.92 Å². The van der Waals surface area contributed by atoms with Gasteiger partial charge in [-0.1, -0.05) is 19.8 Å². The lowest BCUT2D eigenvalue weighted by Crippen LogP contribution is -2.27. The summed E-state index contributed by atoms with van der Waals surface area (Å²) < 4.78 is 4.83. The Hall–Kier alpha value is -0.830. The van der Waals surface area contributed by atoms with Crippen molar-refractivity contribution < 1.29 is 14.6 Å². The van der Waals surface area contributed by atoms with E-state index in [4.69, 9.17) is 4.74 Å². The Balaban J connectivity index is 2.45. The molecule has 13 heavy (non-hydrogen) atoms. The fourth-order valence-corrected chi connectivity index (χ4v) is 1.42. The van der Waals surface area contributed by atoms with Crippen molar-refractivity contribution in [2.75, 3.05) is 0 Å². The number of aliphatic hydroxyl groups is 1. The van der Waals surface area contributed by atoms with E-state index in [2.05, 4.69) is 6.92 Å². The van der Waals surface area contributed by atoms with Gasteiger partial charge in [0.2, 0.25) is 5.79 Å². The van der Waals surface area contributed by atoms with Crippen molar-refractivity contribution in [3.8, 4) is 0 Å². The number of ether oxygens (including phenoxy) is 1. The lowest BCUT2D eigenvalue weighted by molar-refractivity contribution is -0.180. The molecule has 0 bridgehead atoms. The van der Waals surface area contributed by atoms with Crippen LogP contribution < -0.4 is 0 Å². The summed E-state index contributed by atoms with van der Waals surface area (Å²) in [4.78, 5) is 11.0. The summed E-state index contributed by atoms with van der Waals surface area (Å²) in [6.07, 6.45) is 5.03. The van der Waals surface area contributed by atoms with Crippen LogP contribution >= 0.6 is 0 Å². The maximum Gasteiger partial charge on any atom is 0.336 e. The molecule has 0 aliphatic carbocycles. The molecule has 3 heteroatoms. The molecule has 3 nitrogen and oxygen atoms in total. The van der Waals surface area contributed by atoms with Crippen molar-refractivity contribution >= 4 is 5.97 Å². The minimum atomic E-state index is -1.32. The number of rotatable bonds is 4. The third-order valence-electron chi connectivity index (χ3n) is 2.17. The van der Waals surface area contributed by atoms with Gasteiger partial charge < -0.3 is 9.84 Å². The molecule has 1 heterocycles. The van der Waals surface area contributed by atoms with Crippen LogP contribution in [0.1, 0.15) is 39.5 Å². The molecule has 0 amide bonds. The molecular formula is C10H16O3. The summed E-state index contributed by atoms with van der Waals surface area (Å²) in [5.41, 5.74) is 0.499. The Labute approximate surface area is 78.4 Å². The van der Waals surface area contributed by atoms with Gasteiger partial charge in [-0.25, -0.2) is 4.79 Å². The molecule has 1 atom stereocenters. The SMILES string of the molecule is CCCCC[C@@]1(O)C=C(C)C(=O)O1. The number of esters is 1. The summed E-state index contributed by atoms with van der Waals surface area (Å²) in [5, 5.41) is 9.74. The highest BCUT2D eigenvalue weighted by Gasteiger charge is 2.35. The van der Waals surface area contributed by atoms with E-state index in [1.807, 2.05) is 0 Å². The van der Waals surface area contributed by atoms with E-state index in [9.17, 15) is 9.90 Å². The fraction of sp³-hybridized carbons (Fsp3) is 0.700. The first-order valence-corrected chi connectivity index (χ1v) is 4.72. The van der Waals surface area contributed by atoms with Crippen LogP contribution in [0.4, 0.5) is 0 Å². The van der Waals surface area contributed by atoms with Gasteiger partial charge >= 0.3 is 5.97 Å². The Morgan fingerprint density at radius 1 is 1.54 bits per heavy atom. The first-order valence-electron chi connectivity index (χ1n) is 4.72. The van der Waals surface area contributed by atoms with Crippen molar-refractivity contribution in [2.24, 2.45) is 0 Å². The number of cyclic esters (lactones) is 1. The maximum atomic E-state index is 11.0. The van der Waals surface area contributed by atoms with E-state index >= 15 is 0 Å². The second-order valence-corrected chi connectivity index (χ2v) is 3.52. The third-order valence-corrected chi connectivity index (χ3v) is 2.17. The van der Waals surface area contributed by atoms with Crippen LogP contribution in [-0.4, -0.2) is 16.9 Å². The van der Waals surface area contributed by atoms with E-state index in [-0.39, 0.29) is 0 Å². The monoisotopic (exact) mass is 184 g/mol. The molecule has 1 N–H and O–H groups in total. The normalized spacial score (nSPS) is 27.3. The lowest BCUT2D eigenvalue weighted by atomic mass is 10.1. The van der Waals surface area contributed by atoms with Gasteiger partial charge in [0.15, 0.2) is 0 Å². The molecule has 0 aromatic carbocycles. The summed E-state index contributed by atoms with van der Waals surface area (Å²) in [6, 6.07) is 0. The Morgan fingerprint density at radius 3 is 2.69 bits per heavy atom. The van der Waals surface area contributed by atoms with Gasteiger partial charge in [0, 0.05) is 12.0 Å². The van der Waals surface area contributed by atoms with Crippen LogP contribution in [0.25, 0.3) is 0 Å². The predicted octanol–water partition coefficient (Wildman–Crippen LogP) is 1.76. The maximum absolute atomic E-state index is 11.0. The van der Waals surface area contributed by atoms with Crippen LogP contribution in [0, 0.1) is 0 Å². The molecule has 0 saturated carbocycles. The smallest absolute Gasteiger partial charge is 0.336 e. The van der Waals surface area contributed by atoms with Gasteiger partial charge in [0.25, 0.3) is 0 Å². The number of hydrogen-bond acceptors (Lipinski definition) is 3. The highest BCUT2D eigenvalue weighted by molar-refractivity contribution is 5.90. The van der Waals surface area contributed by atoms with Crippen LogP contribution in [0.15, 0.2) is 11.6 Å². The minimum Gasteiger partial charge on any atom is -0.426 e. The van der Waals surface area contributed by atoms with Crippen molar-refractivity contribution in [1.29, 1.82) is 0 Å². The average molecular weight is 184 g/mol. The molecule has 0 unspecified atom stereocenters. The molecule has 74 valence electrons. The average Bonchev–Trinajstić information content (AvgIpc) is 2.27. The van der Waals surface area contributed by atoms with Gasteiger partial charge in [-0.2, -0.15) is 0 Å². The minimum absolute atomic E-state index is 0.404. The zero-order chi connectivity index (χ0) is 9.90. The molecule has 0 aromatic rings. The standard InChI is InChI=1S/C10H16O3/c1-3-4-5-6-10(12)7-8(2)9(11)13-10/h7,12H,3-6H2,1-2H3/t10-/m0/s1.